The highest BCUT2D eigenvalue weighted by Gasteiger charge is 2.15. The summed E-state index contributed by atoms with van der Waals surface area (Å²) in [6.45, 7) is 1.89. The van der Waals surface area contributed by atoms with Gasteiger partial charge < -0.3 is 13.9 Å². The van der Waals surface area contributed by atoms with Gasteiger partial charge in [-0.15, -0.1) is 0 Å². The van der Waals surface area contributed by atoms with Gasteiger partial charge in [-0.1, -0.05) is 0 Å². The number of esters is 1. The summed E-state index contributed by atoms with van der Waals surface area (Å²) < 4.78 is 15.8. The van der Waals surface area contributed by atoms with Gasteiger partial charge in [-0.25, -0.2) is 4.79 Å². The molecule has 0 N–H and O–H groups in total. The molecule has 1 aromatic heterocycles. The summed E-state index contributed by atoms with van der Waals surface area (Å²) in [6.07, 6.45) is 0. The predicted octanol–water partition coefficient (Wildman–Crippen LogP) is 2.74. The van der Waals surface area contributed by atoms with Crippen LogP contribution in [0.5, 0.6) is 5.75 Å². The van der Waals surface area contributed by atoms with E-state index in [1.54, 1.807) is 19.1 Å². The maximum atomic E-state index is 12.0. The number of ether oxygens (including phenoxy) is 2. The zero-order valence-electron chi connectivity index (χ0n) is 10.4. The fourth-order valence-electron chi connectivity index (χ4n) is 1.61. The second-order valence-electron chi connectivity index (χ2n) is 3.68. The van der Waals surface area contributed by atoms with Crippen LogP contribution in [0.25, 0.3) is 11.0 Å². The van der Waals surface area contributed by atoms with Crippen molar-refractivity contribution in [3.8, 4) is 5.75 Å². The van der Waals surface area contributed by atoms with Crippen molar-refractivity contribution in [3.63, 3.8) is 0 Å². The second-order valence-corrected chi connectivity index (χ2v) is 4.54. The van der Waals surface area contributed by atoms with E-state index < -0.39 is 5.97 Å². The smallest absolute Gasteiger partial charge is 0.374 e. The van der Waals surface area contributed by atoms with Gasteiger partial charge in [0.1, 0.15) is 5.75 Å². The van der Waals surface area contributed by atoms with Gasteiger partial charge >= 0.3 is 5.97 Å². The Hall–Kier alpha value is -1.82. The van der Waals surface area contributed by atoms with Crippen molar-refractivity contribution in [1.82, 2.24) is 0 Å². The molecule has 1 heterocycles. The molecule has 0 saturated heterocycles. The third-order valence-electron chi connectivity index (χ3n) is 2.47. The van der Waals surface area contributed by atoms with Gasteiger partial charge in [0, 0.05) is 6.07 Å². The van der Waals surface area contributed by atoms with Crippen LogP contribution in [0, 0.1) is 0 Å². The number of rotatable bonds is 3. The molecule has 19 heavy (non-hydrogen) atoms. The van der Waals surface area contributed by atoms with Crippen LogP contribution < -0.4 is 10.2 Å². The molecule has 2 aromatic rings. The lowest BCUT2D eigenvalue weighted by atomic mass is 10.2. The number of methoxy groups -OCH3 is 1. The minimum atomic E-state index is -0.663. The largest absolute Gasteiger partial charge is 0.497 e. The third kappa shape index (κ3) is 2.63. The highest BCUT2D eigenvalue weighted by atomic mass is 79.9. The Bertz CT molecular complexity index is 689. The van der Waals surface area contributed by atoms with Gasteiger partial charge in [0.05, 0.1) is 23.6 Å². The quantitative estimate of drug-likeness (QED) is 0.811. The molecule has 0 radical (unpaired) electrons. The van der Waals surface area contributed by atoms with Crippen LogP contribution in [-0.2, 0) is 4.74 Å². The average molecular weight is 327 g/mol. The first kappa shape index (κ1) is 13.6. The van der Waals surface area contributed by atoms with Crippen LogP contribution in [0.1, 0.15) is 17.5 Å². The molecule has 0 fully saturated rings. The van der Waals surface area contributed by atoms with E-state index in [0.717, 1.165) is 6.07 Å². The first-order valence-corrected chi connectivity index (χ1v) is 6.34. The van der Waals surface area contributed by atoms with E-state index in [1.807, 2.05) is 0 Å². The summed E-state index contributed by atoms with van der Waals surface area (Å²) in [6, 6.07) is 4.33. The van der Waals surface area contributed by atoms with Crippen molar-refractivity contribution in [2.45, 2.75) is 6.92 Å². The summed E-state index contributed by atoms with van der Waals surface area (Å²) >= 11 is 3.28. The Labute approximate surface area is 117 Å². The number of carbonyl (C=O) groups is 1. The molecule has 0 amide bonds. The maximum absolute atomic E-state index is 12.0. The summed E-state index contributed by atoms with van der Waals surface area (Å²) in [7, 11) is 1.50. The number of hydrogen-bond acceptors (Lipinski definition) is 5. The van der Waals surface area contributed by atoms with Crippen molar-refractivity contribution in [3.05, 3.63) is 38.7 Å². The molecule has 0 aliphatic rings. The molecule has 2 rings (SSSR count). The molecule has 0 atom stereocenters. The summed E-state index contributed by atoms with van der Waals surface area (Å²) in [5.74, 6) is -0.259. The third-order valence-corrected chi connectivity index (χ3v) is 3.06. The Kier molecular flexibility index (Phi) is 3.90. The molecule has 0 bridgehead atoms. The van der Waals surface area contributed by atoms with Gasteiger partial charge in [0.15, 0.2) is 11.0 Å². The van der Waals surface area contributed by atoms with Gasteiger partial charge in [-0.2, -0.15) is 0 Å². The Morgan fingerprint density at radius 3 is 2.74 bits per heavy atom. The van der Waals surface area contributed by atoms with Gasteiger partial charge in [0.25, 0.3) is 0 Å². The molecule has 100 valence electrons. The molecule has 0 aliphatic carbocycles. The molecule has 5 nitrogen and oxygen atoms in total. The molecule has 0 saturated carbocycles. The minimum absolute atomic E-state index is 0.120. The van der Waals surface area contributed by atoms with Crippen molar-refractivity contribution in [2.24, 2.45) is 0 Å². The first-order valence-electron chi connectivity index (χ1n) is 5.55. The van der Waals surface area contributed by atoms with E-state index in [1.165, 1.54) is 7.11 Å². The number of fused-ring (bicyclic) bond motifs is 1. The minimum Gasteiger partial charge on any atom is -0.497 e. The maximum Gasteiger partial charge on any atom is 0.374 e. The molecular formula is C13H11BrO5. The Morgan fingerprint density at radius 2 is 2.11 bits per heavy atom. The van der Waals surface area contributed by atoms with Crippen LogP contribution in [-0.4, -0.2) is 19.7 Å². The fourth-order valence-corrected chi connectivity index (χ4v) is 2.13. The van der Waals surface area contributed by atoms with Gasteiger partial charge in [-0.3, -0.25) is 4.79 Å². The zero-order valence-corrected chi connectivity index (χ0v) is 11.9. The number of halogens is 1. The molecule has 6 heteroatoms. The molecule has 0 spiro atoms. The topological polar surface area (TPSA) is 65.7 Å². The Morgan fingerprint density at radius 1 is 1.37 bits per heavy atom. The molecule has 0 unspecified atom stereocenters. The second kappa shape index (κ2) is 5.44. The summed E-state index contributed by atoms with van der Waals surface area (Å²) in [4.78, 5) is 23.6. The number of benzene rings is 1. The van der Waals surface area contributed by atoms with Gasteiger partial charge in [-0.05, 0) is 35.0 Å². The lowest BCUT2D eigenvalue weighted by Crippen LogP contribution is -2.10. The lowest BCUT2D eigenvalue weighted by molar-refractivity contribution is 0.0490. The van der Waals surface area contributed by atoms with Crippen molar-refractivity contribution >= 4 is 32.9 Å². The normalized spacial score (nSPS) is 10.5. The average Bonchev–Trinajstić information content (AvgIpc) is 2.39. The lowest BCUT2D eigenvalue weighted by Gasteiger charge is -2.06. The predicted molar refractivity (Wildman–Crippen MR) is 72.7 cm³/mol. The highest BCUT2D eigenvalue weighted by molar-refractivity contribution is 9.10. The first-order chi connectivity index (χ1) is 9.06. The summed E-state index contributed by atoms with van der Waals surface area (Å²) in [5.41, 5.74) is -0.0414. The van der Waals surface area contributed by atoms with Gasteiger partial charge in [0.2, 0.25) is 5.76 Å². The van der Waals surface area contributed by atoms with E-state index in [4.69, 9.17) is 13.9 Å². The van der Waals surface area contributed by atoms with Crippen LogP contribution in [0.4, 0.5) is 0 Å². The van der Waals surface area contributed by atoms with E-state index >= 15 is 0 Å². The van der Waals surface area contributed by atoms with Crippen LogP contribution in [0.2, 0.25) is 0 Å². The standard InChI is InChI=1S/C13H11BrO5/c1-3-18-13(16)11-6-10(15)8-4-7(17-2)5-9(14)12(8)19-11/h4-6H,3H2,1-2H3. The van der Waals surface area contributed by atoms with Crippen LogP contribution in [0.3, 0.4) is 0 Å². The van der Waals surface area contributed by atoms with Crippen molar-refractivity contribution in [1.29, 1.82) is 0 Å². The van der Waals surface area contributed by atoms with Crippen molar-refractivity contribution < 1.29 is 18.7 Å². The monoisotopic (exact) mass is 326 g/mol. The summed E-state index contributed by atoms with van der Waals surface area (Å²) in [5, 5.41) is 0.333. The van der Waals surface area contributed by atoms with E-state index in [9.17, 15) is 9.59 Å². The SMILES string of the molecule is CCOC(=O)c1cc(=O)c2cc(OC)cc(Br)c2o1. The number of hydrogen-bond donors (Lipinski definition) is 0. The van der Waals surface area contributed by atoms with E-state index in [-0.39, 0.29) is 23.4 Å². The van der Waals surface area contributed by atoms with E-state index in [2.05, 4.69) is 15.9 Å². The Balaban J connectivity index is 2.67. The highest BCUT2D eigenvalue weighted by Crippen LogP contribution is 2.28. The van der Waals surface area contributed by atoms with Crippen molar-refractivity contribution in [2.75, 3.05) is 13.7 Å². The number of carbonyl (C=O) groups excluding carboxylic acids is 1. The molecule has 0 aliphatic heterocycles. The zero-order chi connectivity index (χ0) is 14.0. The molecular weight excluding hydrogens is 316 g/mol. The van der Waals surface area contributed by atoms with Crippen LogP contribution in [0.15, 0.2) is 31.9 Å². The molecule has 1 aromatic carbocycles. The van der Waals surface area contributed by atoms with Crippen LogP contribution >= 0.6 is 15.9 Å². The fraction of sp³-hybridized carbons (Fsp3) is 0.231. The van der Waals surface area contributed by atoms with E-state index in [0.29, 0.717) is 15.6 Å².